The lowest BCUT2D eigenvalue weighted by Gasteiger charge is -2.18. The van der Waals surface area contributed by atoms with Gasteiger partial charge in [-0.2, -0.15) is 0 Å². The lowest BCUT2D eigenvalue weighted by Crippen LogP contribution is -2.01. The van der Waals surface area contributed by atoms with Gasteiger partial charge in [0.25, 0.3) is 0 Å². The molecule has 1 aromatic heterocycles. The third-order valence-corrected chi connectivity index (χ3v) is 7.75. The van der Waals surface area contributed by atoms with Crippen molar-refractivity contribution in [1.29, 1.82) is 0 Å². The molecule has 33 heavy (non-hydrogen) atoms. The van der Waals surface area contributed by atoms with Crippen molar-refractivity contribution >= 4 is 10.8 Å². The maximum Gasteiger partial charge on any atom is 0.0783 e. The molecular weight excluding hydrogens is 398 g/mol. The first-order valence-electron chi connectivity index (χ1n) is 12.7. The van der Waals surface area contributed by atoms with Gasteiger partial charge in [-0.1, -0.05) is 69.2 Å². The van der Waals surface area contributed by atoms with Crippen LogP contribution in [0.3, 0.4) is 0 Å². The third-order valence-electron chi connectivity index (χ3n) is 7.75. The highest BCUT2D eigenvalue weighted by Crippen LogP contribution is 2.45. The van der Waals surface area contributed by atoms with E-state index in [0.29, 0.717) is 11.8 Å². The molecule has 6 rings (SSSR count). The van der Waals surface area contributed by atoms with Gasteiger partial charge < -0.3 is 0 Å². The number of nitrogens with zero attached hydrogens (tertiary/aromatic N) is 1. The van der Waals surface area contributed by atoms with Crippen LogP contribution < -0.4 is 0 Å². The molecule has 0 unspecified atom stereocenters. The molecule has 0 amide bonds. The Morgan fingerprint density at radius 2 is 1.67 bits per heavy atom. The van der Waals surface area contributed by atoms with E-state index in [-0.39, 0.29) is 0 Å². The molecule has 1 heterocycles. The average Bonchev–Trinajstić information content (AvgIpc) is 3.46. The van der Waals surface area contributed by atoms with Gasteiger partial charge in [-0.25, -0.2) is 0 Å². The molecule has 1 nitrogen and oxygen atoms in total. The lowest BCUT2D eigenvalue weighted by atomic mass is 9.88. The van der Waals surface area contributed by atoms with Crippen LogP contribution >= 0.6 is 0 Å². The highest BCUT2D eigenvalue weighted by molar-refractivity contribution is 5.99. The van der Waals surface area contributed by atoms with Crippen molar-refractivity contribution in [3.63, 3.8) is 0 Å². The van der Waals surface area contributed by atoms with Crippen LogP contribution in [0.15, 0.2) is 60.8 Å². The third kappa shape index (κ3) is 3.59. The summed E-state index contributed by atoms with van der Waals surface area (Å²) in [5.41, 5.74) is 12.4. The molecule has 4 aromatic rings. The van der Waals surface area contributed by atoms with Crippen LogP contribution in [-0.2, 0) is 12.8 Å². The maximum atomic E-state index is 5.22. The normalized spacial score (nSPS) is 15.4. The van der Waals surface area contributed by atoms with Crippen LogP contribution in [0.1, 0.15) is 73.3 Å². The van der Waals surface area contributed by atoms with Crippen LogP contribution in [0.2, 0.25) is 0 Å². The Bertz CT molecular complexity index is 1350. The molecule has 2 aliphatic rings. The summed E-state index contributed by atoms with van der Waals surface area (Å²) in [6.45, 7) is 6.84. The van der Waals surface area contributed by atoms with Gasteiger partial charge in [0.1, 0.15) is 0 Å². The SMILES string of the molecule is Cc1cc2c(c(-c3ncc(C4CCCC4)c4ccc(CC(C)C)cc34)c1)Cc1ccccc1-2. The van der Waals surface area contributed by atoms with E-state index >= 15 is 0 Å². The molecule has 1 heteroatoms. The molecule has 2 aliphatic carbocycles. The number of hydrogen-bond acceptors (Lipinski definition) is 1. The summed E-state index contributed by atoms with van der Waals surface area (Å²) >= 11 is 0. The van der Waals surface area contributed by atoms with Crippen molar-refractivity contribution in [1.82, 2.24) is 4.98 Å². The Morgan fingerprint density at radius 3 is 2.48 bits per heavy atom. The molecule has 0 saturated heterocycles. The molecular formula is C32H33N. The van der Waals surface area contributed by atoms with Crippen LogP contribution in [0.4, 0.5) is 0 Å². The van der Waals surface area contributed by atoms with E-state index in [4.69, 9.17) is 4.98 Å². The number of pyridine rings is 1. The Hall–Kier alpha value is -2.93. The number of hydrogen-bond donors (Lipinski definition) is 0. The van der Waals surface area contributed by atoms with E-state index in [0.717, 1.165) is 12.8 Å². The molecule has 0 aliphatic heterocycles. The molecule has 1 fully saturated rings. The molecule has 0 spiro atoms. The molecule has 166 valence electrons. The maximum absolute atomic E-state index is 5.22. The Labute approximate surface area is 197 Å². The minimum absolute atomic E-state index is 0.648. The first kappa shape index (κ1) is 20.7. The predicted molar refractivity (Wildman–Crippen MR) is 140 cm³/mol. The predicted octanol–water partition coefficient (Wildman–Crippen LogP) is 8.64. The van der Waals surface area contributed by atoms with Gasteiger partial charge >= 0.3 is 0 Å². The topological polar surface area (TPSA) is 12.9 Å². The van der Waals surface area contributed by atoms with E-state index in [9.17, 15) is 0 Å². The second-order valence-corrected chi connectivity index (χ2v) is 10.7. The standard InChI is InChI=1S/C32H33N/c1-20(2)14-22-12-13-26-30(17-22)32(33-19-31(26)23-8-4-5-9-23)29-16-21(3)15-27-25-11-7-6-10-24(25)18-28(27)29/h6-7,10-13,15-17,19-20,23H,4-5,8-9,14,18H2,1-3H3. The van der Waals surface area contributed by atoms with E-state index in [2.05, 4.69) is 81.6 Å². The Balaban J connectivity index is 1.59. The molecule has 0 bridgehead atoms. The summed E-state index contributed by atoms with van der Waals surface area (Å²) in [4.78, 5) is 5.22. The minimum atomic E-state index is 0.648. The summed E-state index contributed by atoms with van der Waals surface area (Å²) in [6.07, 6.45) is 9.64. The Kier molecular flexibility index (Phi) is 5.09. The number of aryl methyl sites for hydroxylation is 1. The summed E-state index contributed by atoms with van der Waals surface area (Å²) in [5.74, 6) is 1.31. The van der Waals surface area contributed by atoms with E-state index in [1.54, 1.807) is 0 Å². The number of aromatic nitrogens is 1. The largest absolute Gasteiger partial charge is 0.255 e. The van der Waals surface area contributed by atoms with Gasteiger partial charge in [0, 0.05) is 17.1 Å². The fourth-order valence-electron chi connectivity index (χ4n) is 6.27. The molecule has 0 N–H and O–H groups in total. The molecule has 1 saturated carbocycles. The fourth-order valence-corrected chi connectivity index (χ4v) is 6.27. The van der Waals surface area contributed by atoms with Gasteiger partial charge in [-0.3, -0.25) is 4.98 Å². The Morgan fingerprint density at radius 1 is 0.879 bits per heavy atom. The summed E-state index contributed by atoms with van der Waals surface area (Å²) in [6, 6.07) is 20.8. The van der Waals surface area contributed by atoms with Gasteiger partial charge in [0.2, 0.25) is 0 Å². The van der Waals surface area contributed by atoms with E-state index in [1.807, 2.05) is 0 Å². The fraction of sp³-hybridized carbons (Fsp3) is 0.344. The number of fused-ring (bicyclic) bond motifs is 4. The van der Waals surface area contributed by atoms with Gasteiger partial charge in [-0.15, -0.1) is 0 Å². The minimum Gasteiger partial charge on any atom is -0.255 e. The second-order valence-electron chi connectivity index (χ2n) is 10.7. The van der Waals surface area contributed by atoms with E-state index < -0.39 is 0 Å². The van der Waals surface area contributed by atoms with Crippen molar-refractivity contribution in [3.05, 3.63) is 88.6 Å². The quantitative estimate of drug-likeness (QED) is 0.277. The zero-order valence-corrected chi connectivity index (χ0v) is 20.1. The number of rotatable bonds is 4. The number of benzene rings is 3. The summed E-state index contributed by atoms with van der Waals surface area (Å²) in [5, 5.41) is 2.77. The van der Waals surface area contributed by atoms with Crippen molar-refractivity contribution in [2.75, 3.05) is 0 Å². The zero-order chi connectivity index (χ0) is 22.5. The smallest absolute Gasteiger partial charge is 0.0783 e. The average molecular weight is 432 g/mol. The van der Waals surface area contributed by atoms with Gasteiger partial charge in [0.05, 0.1) is 5.69 Å². The van der Waals surface area contributed by atoms with Crippen molar-refractivity contribution in [2.24, 2.45) is 5.92 Å². The van der Waals surface area contributed by atoms with Gasteiger partial charge in [-0.05, 0) is 101 Å². The van der Waals surface area contributed by atoms with E-state index in [1.165, 1.54) is 86.7 Å². The summed E-state index contributed by atoms with van der Waals surface area (Å²) in [7, 11) is 0. The van der Waals surface area contributed by atoms with Crippen LogP contribution in [0, 0.1) is 12.8 Å². The first-order valence-corrected chi connectivity index (χ1v) is 12.7. The zero-order valence-electron chi connectivity index (χ0n) is 20.1. The van der Waals surface area contributed by atoms with Crippen molar-refractivity contribution in [3.8, 4) is 22.4 Å². The monoisotopic (exact) mass is 431 g/mol. The molecule has 3 aromatic carbocycles. The second kappa shape index (κ2) is 8.13. The van der Waals surface area contributed by atoms with Gasteiger partial charge in [0.15, 0.2) is 0 Å². The molecule has 0 atom stereocenters. The lowest BCUT2D eigenvalue weighted by molar-refractivity contribution is 0.648. The summed E-state index contributed by atoms with van der Waals surface area (Å²) < 4.78 is 0. The van der Waals surface area contributed by atoms with Crippen LogP contribution in [-0.4, -0.2) is 4.98 Å². The molecule has 0 radical (unpaired) electrons. The van der Waals surface area contributed by atoms with Crippen molar-refractivity contribution in [2.45, 2.75) is 65.2 Å². The van der Waals surface area contributed by atoms with Crippen molar-refractivity contribution < 1.29 is 0 Å². The first-order chi connectivity index (χ1) is 16.1. The highest BCUT2D eigenvalue weighted by Gasteiger charge is 2.25. The highest BCUT2D eigenvalue weighted by atomic mass is 14.7. The van der Waals surface area contributed by atoms with Crippen LogP contribution in [0.25, 0.3) is 33.2 Å². The van der Waals surface area contributed by atoms with Crippen LogP contribution in [0.5, 0.6) is 0 Å².